The standard InChI is InChI=1S/C16H16BrClFNO/c1-10(20)7-11-8-12(17)5-6-16(11)21-9-13-14(18)3-2-4-15(13)19/h2-6,8,10H,7,9,20H2,1H3. The van der Waals surface area contributed by atoms with Crippen molar-refractivity contribution in [2.45, 2.75) is 26.0 Å². The average molecular weight is 373 g/mol. The second-order valence-electron chi connectivity index (χ2n) is 4.92. The molecule has 0 saturated heterocycles. The maximum Gasteiger partial charge on any atom is 0.131 e. The van der Waals surface area contributed by atoms with E-state index in [9.17, 15) is 4.39 Å². The Hall–Kier alpha value is -1.10. The highest BCUT2D eigenvalue weighted by molar-refractivity contribution is 9.10. The van der Waals surface area contributed by atoms with Gasteiger partial charge in [-0.2, -0.15) is 0 Å². The summed E-state index contributed by atoms with van der Waals surface area (Å²) in [6, 6.07) is 10.3. The molecule has 0 aliphatic carbocycles. The molecule has 21 heavy (non-hydrogen) atoms. The summed E-state index contributed by atoms with van der Waals surface area (Å²) in [4.78, 5) is 0. The largest absolute Gasteiger partial charge is 0.488 e. The summed E-state index contributed by atoms with van der Waals surface area (Å²) >= 11 is 9.43. The van der Waals surface area contributed by atoms with E-state index in [0.717, 1.165) is 10.0 Å². The van der Waals surface area contributed by atoms with Crippen LogP contribution in [0.3, 0.4) is 0 Å². The monoisotopic (exact) mass is 371 g/mol. The highest BCUT2D eigenvalue weighted by Crippen LogP contribution is 2.27. The fraction of sp³-hybridized carbons (Fsp3) is 0.250. The van der Waals surface area contributed by atoms with Crippen LogP contribution in [0.5, 0.6) is 5.75 Å². The van der Waals surface area contributed by atoms with Gasteiger partial charge < -0.3 is 10.5 Å². The van der Waals surface area contributed by atoms with Crippen LogP contribution in [0.25, 0.3) is 0 Å². The minimum absolute atomic E-state index is 0.0127. The normalized spacial score (nSPS) is 12.2. The number of hydrogen-bond donors (Lipinski definition) is 1. The van der Waals surface area contributed by atoms with Crippen molar-refractivity contribution < 1.29 is 9.13 Å². The summed E-state index contributed by atoms with van der Waals surface area (Å²) in [6.45, 7) is 2.01. The van der Waals surface area contributed by atoms with Gasteiger partial charge in [-0.05, 0) is 49.2 Å². The summed E-state index contributed by atoms with van der Waals surface area (Å²) in [6.07, 6.45) is 0.680. The Morgan fingerprint density at radius 1 is 1.33 bits per heavy atom. The van der Waals surface area contributed by atoms with E-state index in [0.29, 0.717) is 22.8 Å². The molecule has 0 bridgehead atoms. The molecule has 0 amide bonds. The average Bonchev–Trinajstić information content (AvgIpc) is 2.39. The molecule has 0 aliphatic rings. The van der Waals surface area contributed by atoms with E-state index in [2.05, 4.69) is 15.9 Å². The van der Waals surface area contributed by atoms with Gasteiger partial charge in [0.15, 0.2) is 0 Å². The first-order valence-corrected chi connectivity index (χ1v) is 7.74. The third kappa shape index (κ3) is 4.43. The van der Waals surface area contributed by atoms with Crippen LogP contribution in [0.1, 0.15) is 18.1 Å². The van der Waals surface area contributed by atoms with Crippen molar-refractivity contribution in [1.82, 2.24) is 0 Å². The molecular weight excluding hydrogens is 357 g/mol. The van der Waals surface area contributed by atoms with E-state index < -0.39 is 0 Å². The van der Waals surface area contributed by atoms with E-state index in [1.807, 2.05) is 25.1 Å². The molecule has 0 heterocycles. The zero-order chi connectivity index (χ0) is 15.4. The SMILES string of the molecule is CC(N)Cc1cc(Br)ccc1OCc1c(F)cccc1Cl. The maximum absolute atomic E-state index is 13.7. The van der Waals surface area contributed by atoms with Crippen LogP contribution in [0.2, 0.25) is 5.02 Å². The Morgan fingerprint density at radius 2 is 2.10 bits per heavy atom. The molecule has 0 saturated carbocycles. The van der Waals surface area contributed by atoms with E-state index in [4.69, 9.17) is 22.1 Å². The second kappa shape index (κ2) is 7.25. The van der Waals surface area contributed by atoms with Crippen molar-refractivity contribution in [3.63, 3.8) is 0 Å². The molecule has 0 radical (unpaired) electrons. The predicted octanol–water partition coefficient (Wildman–Crippen LogP) is 4.71. The highest BCUT2D eigenvalue weighted by Gasteiger charge is 2.11. The van der Waals surface area contributed by atoms with Crippen LogP contribution < -0.4 is 10.5 Å². The number of nitrogens with two attached hydrogens (primary N) is 1. The van der Waals surface area contributed by atoms with Crippen LogP contribution in [-0.4, -0.2) is 6.04 Å². The van der Waals surface area contributed by atoms with E-state index in [-0.39, 0.29) is 18.5 Å². The lowest BCUT2D eigenvalue weighted by Crippen LogP contribution is -2.18. The van der Waals surface area contributed by atoms with Crippen molar-refractivity contribution >= 4 is 27.5 Å². The van der Waals surface area contributed by atoms with Gasteiger partial charge in [-0.15, -0.1) is 0 Å². The number of halogens is 3. The van der Waals surface area contributed by atoms with Gasteiger partial charge in [0.2, 0.25) is 0 Å². The van der Waals surface area contributed by atoms with Gasteiger partial charge in [0.05, 0.1) is 5.02 Å². The van der Waals surface area contributed by atoms with Crippen LogP contribution in [-0.2, 0) is 13.0 Å². The minimum Gasteiger partial charge on any atom is -0.488 e. The van der Waals surface area contributed by atoms with Gasteiger partial charge in [-0.3, -0.25) is 0 Å². The zero-order valence-corrected chi connectivity index (χ0v) is 13.9. The van der Waals surface area contributed by atoms with Gasteiger partial charge in [0.25, 0.3) is 0 Å². The maximum atomic E-state index is 13.7. The van der Waals surface area contributed by atoms with Crippen LogP contribution in [0.4, 0.5) is 4.39 Å². The lowest BCUT2D eigenvalue weighted by Gasteiger charge is -2.14. The van der Waals surface area contributed by atoms with E-state index in [1.54, 1.807) is 12.1 Å². The Morgan fingerprint density at radius 3 is 2.76 bits per heavy atom. The molecule has 0 spiro atoms. The summed E-state index contributed by atoms with van der Waals surface area (Å²) in [5, 5.41) is 0.362. The first-order valence-electron chi connectivity index (χ1n) is 6.57. The number of hydrogen-bond acceptors (Lipinski definition) is 2. The first-order chi connectivity index (χ1) is 9.97. The fourth-order valence-electron chi connectivity index (χ4n) is 2.02. The lowest BCUT2D eigenvalue weighted by atomic mass is 10.1. The molecule has 0 fully saturated rings. The zero-order valence-electron chi connectivity index (χ0n) is 11.6. The molecule has 0 aromatic heterocycles. The Balaban J connectivity index is 2.20. The fourth-order valence-corrected chi connectivity index (χ4v) is 2.64. The lowest BCUT2D eigenvalue weighted by molar-refractivity contribution is 0.296. The molecule has 2 rings (SSSR count). The minimum atomic E-state index is -0.367. The van der Waals surface area contributed by atoms with Crippen molar-refractivity contribution in [3.8, 4) is 5.75 Å². The molecule has 2 aromatic rings. The molecule has 2 aromatic carbocycles. The van der Waals surface area contributed by atoms with Gasteiger partial charge in [0, 0.05) is 16.1 Å². The topological polar surface area (TPSA) is 35.2 Å². The number of benzene rings is 2. The molecule has 0 aliphatic heterocycles. The quantitative estimate of drug-likeness (QED) is 0.825. The Kier molecular flexibility index (Phi) is 5.62. The second-order valence-corrected chi connectivity index (χ2v) is 6.25. The molecule has 2 nitrogen and oxygen atoms in total. The number of rotatable bonds is 5. The van der Waals surface area contributed by atoms with Gasteiger partial charge in [0.1, 0.15) is 18.2 Å². The summed E-state index contributed by atoms with van der Waals surface area (Å²) in [5.74, 6) is 0.322. The third-order valence-corrected chi connectivity index (χ3v) is 3.85. The summed E-state index contributed by atoms with van der Waals surface area (Å²) in [7, 11) is 0. The van der Waals surface area contributed by atoms with E-state index >= 15 is 0 Å². The van der Waals surface area contributed by atoms with Gasteiger partial charge in [-0.1, -0.05) is 33.6 Å². The Labute approximate surface area is 137 Å². The van der Waals surface area contributed by atoms with Crippen molar-refractivity contribution in [2.24, 2.45) is 5.73 Å². The molecule has 112 valence electrons. The summed E-state index contributed by atoms with van der Waals surface area (Å²) < 4.78 is 20.4. The van der Waals surface area contributed by atoms with Crippen LogP contribution >= 0.6 is 27.5 Å². The summed E-state index contributed by atoms with van der Waals surface area (Å²) in [5.41, 5.74) is 7.18. The van der Waals surface area contributed by atoms with Crippen LogP contribution in [0, 0.1) is 5.82 Å². The van der Waals surface area contributed by atoms with Crippen molar-refractivity contribution in [3.05, 3.63) is 62.8 Å². The molecule has 2 N–H and O–H groups in total. The smallest absolute Gasteiger partial charge is 0.131 e. The van der Waals surface area contributed by atoms with Crippen LogP contribution in [0.15, 0.2) is 40.9 Å². The molecule has 1 atom stereocenters. The molecule has 1 unspecified atom stereocenters. The van der Waals surface area contributed by atoms with E-state index in [1.165, 1.54) is 6.07 Å². The van der Waals surface area contributed by atoms with Gasteiger partial charge in [-0.25, -0.2) is 4.39 Å². The highest BCUT2D eigenvalue weighted by atomic mass is 79.9. The van der Waals surface area contributed by atoms with Gasteiger partial charge >= 0.3 is 0 Å². The Bertz CT molecular complexity index is 613. The molecule has 5 heteroatoms. The predicted molar refractivity (Wildman–Crippen MR) is 87.2 cm³/mol. The van der Waals surface area contributed by atoms with Crippen molar-refractivity contribution in [1.29, 1.82) is 0 Å². The first kappa shape index (κ1) is 16.3. The molecular formula is C16H16BrClFNO. The van der Waals surface area contributed by atoms with Crippen molar-refractivity contribution in [2.75, 3.05) is 0 Å². The third-order valence-electron chi connectivity index (χ3n) is 3.00. The number of ether oxygens (including phenoxy) is 1.